The predicted octanol–water partition coefficient (Wildman–Crippen LogP) is 3.17. The van der Waals surface area contributed by atoms with Gasteiger partial charge < -0.3 is 11.5 Å². The van der Waals surface area contributed by atoms with Crippen LogP contribution in [-0.4, -0.2) is 23.7 Å². The molecule has 0 saturated heterocycles. The topological polar surface area (TPSA) is 146 Å². The molecule has 7 N–H and O–H groups in total. The number of nitrogens with two attached hydrogens (primary N) is 2. The second-order valence-corrected chi connectivity index (χ2v) is 6.71. The summed E-state index contributed by atoms with van der Waals surface area (Å²) in [6.45, 7) is 0. The number of rotatable bonds is 5. The van der Waals surface area contributed by atoms with Crippen LogP contribution in [0.3, 0.4) is 0 Å². The Hall–Kier alpha value is -4.98. The molecule has 2 amide bonds. The Morgan fingerprint density at radius 2 is 1.09 bits per heavy atom. The molecule has 8 nitrogen and oxygen atoms in total. The van der Waals surface area contributed by atoms with Crippen molar-refractivity contribution in [3.8, 4) is 0 Å². The van der Waals surface area contributed by atoms with Crippen LogP contribution in [0.4, 0.5) is 5.69 Å². The third-order valence-corrected chi connectivity index (χ3v) is 3.97. The highest BCUT2D eigenvalue weighted by molar-refractivity contribution is 6.04. The average Bonchev–Trinajstić information content (AvgIpc) is 2.83. The summed E-state index contributed by atoms with van der Waals surface area (Å²) >= 11 is 0. The Morgan fingerprint density at radius 1 is 0.676 bits per heavy atom. The van der Waals surface area contributed by atoms with Crippen molar-refractivity contribution in [2.45, 2.75) is 0 Å². The second-order valence-electron chi connectivity index (χ2n) is 6.71. The summed E-state index contributed by atoms with van der Waals surface area (Å²) in [7, 11) is 0. The first-order valence-corrected chi connectivity index (χ1v) is 10.2. The number of hydrogen-bond acceptors (Lipinski definition) is 4. The Bertz CT molecular complexity index is 1160. The molecule has 0 radical (unpaired) electrons. The Kier molecular flexibility index (Phi) is 10.5. The van der Waals surface area contributed by atoms with Gasteiger partial charge in [-0.05, 0) is 35.4 Å². The molecular weight excluding hydrogens is 428 g/mol. The summed E-state index contributed by atoms with van der Waals surface area (Å²) in [4.78, 5) is 26.7. The molecule has 0 heterocycles. The monoisotopic (exact) mass is 454 g/mol. The normalized spacial score (nSPS) is 10.9. The molecule has 0 atom stereocenters. The number of guanidine groups is 2. The molecule has 172 valence electrons. The highest BCUT2D eigenvalue weighted by Crippen LogP contribution is 2.08. The average molecular weight is 455 g/mol. The molecule has 0 bridgehead atoms. The summed E-state index contributed by atoms with van der Waals surface area (Å²) in [6.07, 6.45) is 6.11. The van der Waals surface area contributed by atoms with E-state index < -0.39 is 5.91 Å². The van der Waals surface area contributed by atoms with Gasteiger partial charge in [0.2, 0.25) is 5.96 Å². The highest BCUT2D eigenvalue weighted by Gasteiger charge is 1.98. The molecule has 3 aromatic rings. The lowest BCUT2D eigenvalue weighted by atomic mass is 10.2. The van der Waals surface area contributed by atoms with Crippen LogP contribution in [0.1, 0.15) is 11.1 Å². The fourth-order valence-electron chi connectivity index (χ4n) is 2.48. The smallest absolute Gasteiger partial charge is 0.250 e. The molecule has 0 unspecified atom stereocenters. The van der Waals surface area contributed by atoms with Gasteiger partial charge in [-0.25, -0.2) is 4.99 Å². The van der Waals surface area contributed by atoms with Crippen molar-refractivity contribution in [3.05, 3.63) is 114 Å². The van der Waals surface area contributed by atoms with E-state index in [1.54, 1.807) is 24.3 Å². The molecule has 0 aliphatic heterocycles. The van der Waals surface area contributed by atoms with Gasteiger partial charge in [0.05, 0.1) is 5.69 Å². The summed E-state index contributed by atoms with van der Waals surface area (Å²) in [5.41, 5.74) is 13.2. The van der Waals surface area contributed by atoms with Crippen LogP contribution in [0, 0.1) is 5.41 Å². The first-order valence-electron chi connectivity index (χ1n) is 10.2. The fourth-order valence-corrected chi connectivity index (χ4v) is 2.48. The van der Waals surface area contributed by atoms with Gasteiger partial charge in [-0.2, -0.15) is 0 Å². The van der Waals surface area contributed by atoms with E-state index in [0.29, 0.717) is 5.69 Å². The van der Waals surface area contributed by atoms with E-state index in [1.165, 1.54) is 12.2 Å². The number of hydrogen-bond donors (Lipinski definition) is 5. The van der Waals surface area contributed by atoms with Gasteiger partial charge in [0.25, 0.3) is 11.8 Å². The molecule has 0 aromatic heterocycles. The lowest BCUT2D eigenvalue weighted by molar-refractivity contribution is -0.116. The van der Waals surface area contributed by atoms with Crippen LogP contribution in [0.5, 0.6) is 0 Å². The lowest BCUT2D eigenvalue weighted by Crippen LogP contribution is -2.35. The van der Waals surface area contributed by atoms with Crippen molar-refractivity contribution in [2.75, 3.05) is 0 Å². The maximum Gasteiger partial charge on any atom is 0.250 e. The minimum atomic E-state index is -0.402. The Balaban J connectivity index is 0.000000257. The number of nitrogens with zero attached hydrogens (tertiary/aromatic N) is 1. The van der Waals surface area contributed by atoms with Crippen molar-refractivity contribution in [2.24, 2.45) is 16.5 Å². The quantitative estimate of drug-likeness (QED) is 0.229. The second kappa shape index (κ2) is 14.2. The van der Waals surface area contributed by atoms with Crippen molar-refractivity contribution in [1.82, 2.24) is 10.6 Å². The Morgan fingerprint density at radius 3 is 1.53 bits per heavy atom. The fraction of sp³-hybridized carbons (Fsp3) is 0. The molecule has 8 heteroatoms. The number of nitrogens with one attached hydrogen (secondary N) is 3. The van der Waals surface area contributed by atoms with Gasteiger partial charge in [0.15, 0.2) is 5.96 Å². The van der Waals surface area contributed by atoms with Crippen LogP contribution in [0.2, 0.25) is 0 Å². The Labute approximate surface area is 198 Å². The van der Waals surface area contributed by atoms with Crippen LogP contribution in [0.15, 0.2) is 108 Å². The standard InChI is InChI=1S/C16H15N3O.C10H11N3O/c17-16(18-14-9-5-2-6-10-14)19-15(20)12-11-13-7-3-1-4-8-13;11-10(12)13-9(14)7-6-8-4-2-1-3-5-8/h1-12H,(H3,17,18,19,20);1-7H,(H4,11,12,13,14). The number of benzene rings is 3. The zero-order chi connectivity index (χ0) is 24.6. The van der Waals surface area contributed by atoms with E-state index in [4.69, 9.17) is 16.9 Å². The van der Waals surface area contributed by atoms with Gasteiger partial charge >= 0.3 is 0 Å². The lowest BCUT2D eigenvalue weighted by Gasteiger charge is -2.01. The number of aliphatic imine (C=N–C) groups is 1. The zero-order valence-electron chi connectivity index (χ0n) is 18.4. The molecule has 0 saturated carbocycles. The maximum absolute atomic E-state index is 11.7. The molecule has 0 aliphatic rings. The highest BCUT2D eigenvalue weighted by atomic mass is 16.2. The van der Waals surface area contributed by atoms with E-state index in [-0.39, 0.29) is 17.8 Å². The minimum absolute atomic E-state index is 0.0684. The van der Waals surface area contributed by atoms with Crippen molar-refractivity contribution < 1.29 is 9.59 Å². The van der Waals surface area contributed by atoms with Gasteiger partial charge in [0.1, 0.15) is 0 Å². The van der Waals surface area contributed by atoms with Crippen molar-refractivity contribution in [1.29, 1.82) is 5.41 Å². The van der Waals surface area contributed by atoms with Crippen LogP contribution >= 0.6 is 0 Å². The van der Waals surface area contributed by atoms with Crippen LogP contribution in [0.25, 0.3) is 12.2 Å². The predicted molar refractivity (Wildman–Crippen MR) is 137 cm³/mol. The number of para-hydroxylation sites is 1. The molecular formula is C26H26N6O2. The number of carbonyl (C=O) groups excluding carboxylic acids is 2. The third kappa shape index (κ3) is 10.9. The third-order valence-electron chi connectivity index (χ3n) is 3.97. The van der Waals surface area contributed by atoms with E-state index in [1.807, 2.05) is 78.9 Å². The van der Waals surface area contributed by atoms with Gasteiger partial charge in [-0.15, -0.1) is 0 Å². The first kappa shape index (κ1) is 25.3. The zero-order valence-corrected chi connectivity index (χ0v) is 18.4. The summed E-state index contributed by atoms with van der Waals surface area (Å²) in [5.74, 6) is -1.00. The SMILES string of the molecule is N=C(N)NC(=O)C=Cc1ccccc1.NC(=Nc1ccccc1)NC(=O)C=Cc1ccccc1. The minimum Gasteiger partial charge on any atom is -0.370 e. The molecule has 3 rings (SSSR count). The van der Waals surface area contributed by atoms with E-state index in [9.17, 15) is 9.59 Å². The summed E-state index contributed by atoms with van der Waals surface area (Å²) in [6, 6.07) is 28.1. The van der Waals surface area contributed by atoms with Gasteiger partial charge in [-0.3, -0.25) is 25.6 Å². The summed E-state index contributed by atoms with van der Waals surface area (Å²) in [5, 5.41) is 11.5. The van der Waals surface area contributed by atoms with Crippen LogP contribution in [-0.2, 0) is 9.59 Å². The van der Waals surface area contributed by atoms with E-state index in [0.717, 1.165) is 11.1 Å². The van der Waals surface area contributed by atoms with E-state index in [2.05, 4.69) is 15.6 Å². The molecule has 0 aliphatic carbocycles. The van der Waals surface area contributed by atoms with Gasteiger partial charge in [-0.1, -0.05) is 78.9 Å². The van der Waals surface area contributed by atoms with Gasteiger partial charge in [0, 0.05) is 12.2 Å². The number of carbonyl (C=O) groups is 2. The number of amides is 2. The maximum atomic E-state index is 11.7. The van der Waals surface area contributed by atoms with Crippen molar-refractivity contribution in [3.63, 3.8) is 0 Å². The largest absolute Gasteiger partial charge is 0.370 e. The van der Waals surface area contributed by atoms with Crippen molar-refractivity contribution >= 4 is 41.6 Å². The summed E-state index contributed by atoms with van der Waals surface area (Å²) < 4.78 is 0. The first-order chi connectivity index (χ1) is 16.4. The molecule has 0 fully saturated rings. The van der Waals surface area contributed by atoms with E-state index >= 15 is 0 Å². The molecule has 3 aromatic carbocycles. The molecule has 0 spiro atoms. The van der Waals surface area contributed by atoms with Crippen LogP contribution < -0.4 is 22.1 Å². The molecule has 34 heavy (non-hydrogen) atoms.